The molecule has 0 spiro atoms. The van der Waals surface area contributed by atoms with Gasteiger partial charge in [-0.3, -0.25) is 4.79 Å². The van der Waals surface area contributed by atoms with Gasteiger partial charge in [-0.05, 0) is 56.5 Å². The van der Waals surface area contributed by atoms with Gasteiger partial charge in [0.2, 0.25) is 0 Å². The number of hydrogen-bond donors (Lipinski definition) is 1. The van der Waals surface area contributed by atoms with Gasteiger partial charge in [-0.1, -0.05) is 19.1 Å². The summed E-state index contributed by atoms with van der Waals surface area (Å²) in [6.45, 7) is 12.1. The van der Waals surface area contributed by atoms with Crippen LogP contribution in [0, 0.1) is 13.8 Å². The Kier molecular flexibility index (Phi) is 5.99. The number of aromatic nitrogens is 1. The van der Waals surface area contributed by atoms with E-state index in [1.54, 1.807) is 12.3 Å². The summed E-state index contributed by atoms with van der Waals surface area (Å²) in [5.74, 6) is 0.856. The van der Waals surface area contributed by atoms with Gasteiger partial charge in [0.05, 0.1) is 0 Å². The zero-order valence-electron chi connectivity index (χ0n) is 16.8. The molecule has 1 aromatic heterocycles. The molecule has 0 radical (unpaired) electrons. The van der Waals surface area contributed by atoms with Crippen LogP contribution in [0.4, 0.5) is 11.5 Å². The van der Waals surface area contributed by atoms with Crippen molar-refractivity contribution < 1.29 is 4.79 Å². The quantitative estimate of drug-likeness (QED) is 0.879. The Balaban J connectivity index is 1.67. The highest BCUT2D eigenvalue weighted by Crippen LogP contribution is 2.25. The molecule has 1 N–H and O–H groups in total. The Bertz CT molecular complexity index is 797. The summed E-state index contributed by atoms with van der Waals surface area (Å²) in [6.07, 6.45) is 2.65. The van der Waals surface area contributed by atoms with E-state index in [1.165, 1.54) is 16.8 Å². The first-order valence-electron chi connectivity index (χ1n) is 9.82. The van der Waals surface area contributed by atoms with E-state index in [1.807, 2.05) is 13.0 Å². The highest BCUT2D eigenvalue weighted by molar-refractivity contribution is 5.95. The summed E-state index contributed by atoms with van der Waals surface area (Å²) in [7, 11) is 0. The van der Waals surface area contributed by atoms with Gasteiger partial charge in [-0.15, -0.1) is 0 Å². The molecule has 1 fully saturated rings. The number of hydrogen-bond acceptors (Lipinski definition) is 4. The molecule has 2 aromatic rings. The molecule has 27 heavy (non-hydrogen) atoms. The molecule has 5 heteroatoms. The topological polar surface area (TPSA) is 48.5 Å². The first-order chi connectivity index (χ1) is 13.0. The number of benzene rings is 1. The van der Waals surface area contributed by atoms with Crippen LogP contribution in [0.25, 0.3) is 0 Å². The van der Waals surface area contributed by atoms with Crippen molar-refractivity contribution in [2.24, 2.45) is 0 Å². The number of pyridine rings is 1. The molecule has 1 aromatic carbocycles. The number of aryl methyl sites for hydroxylation is 1. The minimum atomic E-state index is -0.0259. The number of carbonyl (C=O) groups is 1. The van der Waals surface area contributed by atoms with E-state index in [0.29, 0.717) is 5.56 Å². The number of nitrogens with zero attached hydrogens (tertiary/aromatic N) is 3. The lowest BCUT2D eigenvalue weighted by atomic mass is 10.1. The van der Waals surface area contributed by atoms with Crippen molar-refractivity contribution in [3.05, 3.63) is 53.2 Å². The number of anilines is 2. The minimum Gasteiger partial charge on any atom is -0.368 e. The lowest BCUT2D eigenvalue weighted by molar-refractivity contribution is 0.0939. The molecule has 144 valence electrons. The molecular weight excluding hydrogens is 336 g/mol. The molecule has 1 saturated heterocycles. The van der Waals surface area contributed by atoms with Crippen LogP contribution in [0.15, 0.2) is 36.5 Å². The molecule has 2 heterocycles. The summed E-state index contributed by atoms with van der Waals surface area (Å²) in [6, 6.07) is 10.4. The lowest BCUT2D eigenvalue weighted by Gasteiger charge is -2.37. The van der Waals surface area contributed by atoms with Crippen LogP contribution in [0.2, 0.25) is 0 Å². The van der Waals surface area contributed by atoms with Crippen LogP contribution in [0.5, 0.6) is 0 Å². The van der Waals surface area contributed by atoms with Crippen molar-refractivity contribution in [3.63, 3.8) is 0 Å². The van der Waals surface area contributed by atoms with Gasteiger partial charge in [0.15, 0.2) is 0 Å². The smallest absolute Gasteiger partial charge is 0.251 e. The van der Waals surface area contributed by atoms with Crippen molar-refractivity contribution in [1.82, 2.24) is 10.3 Å². The van der Waals surface area contributed by atoms with E-state index in [9.17, 15) is 4.79 Å². The number of nitrogens with one attached hydrogen (secondary N) is 1. The van der Waals surface area contributed by atoms with Crippen molar-refractivity contribution in [2.75, 3.05) is 36.0 Å². The number of carbonyl (C=O) groups excluding carboxylic acids is 1. The molecule has 1 aliphatic rings. The maximum Gasteiger partial charge on any atom is 0.251 e. The fourth-order valence-electron chi connectivity index (χ4n) is 3.40. The zero-order chi connectivity index (χ0) is 19.4. The van der Waals surface area contributed by atoms with E-state index < -0.39 is 0 Å². The third-order valence-electron chi connectivity index (χ3n) is 5.52. The van der Waals surface area contributed by atoms with Crippen LogP contribution in [-0.4, -0.2) is 43.1 Å². The van der Waals surface area contributed by atoms with Gasteiger partial charge < -0.3 is 15.1 Å². The maximum absolute atomic E-state index is 12.4. The Morgan fingerprint density at radius 2 is 1.85 bits per heavy atom. The standard InChI is InChI=1S/C22H30N4O/c1-5-17(3)24-22(27)19-9-10-23-21(15-19)26-13-11-25(12-14-26)20-8-6-7-16(2)18(20)4/h6-10,15,17H,5,11-14H2,1-4H3,(H,24,27). The van der Waals surface area contributed by atoms with E-state index in [0.717, 1.165) is 38.4 Å². The predicted octanol–water partition coefficient (Wildman–Crippen LogP) is 3.55. The highest BCUT2D eigenvalue weighted by Gasteiger charge is 2.20. The fourth-order valence-corrected chi connectivity index (χ4v) is 3.40. The van der Waals surface area contributed by atoms with Crippen molar-refractivity contribution in [1.29, 1.82) is 0 Å². The molecule has 3 rings (SSSR count). The third kappa shape index (κ3) is 4.41. The third-order valence-corrected chi connectivity index (χ3v) is 5.52. The maximum atomic E-state index is 12.4. The summed E-state index contributed by atoms with van der Waals surface area (Å²) >= 11 is 0. The lowest BCUT2D eigenvalue weighted by Crippen LogP contribution is -2.47. The minimum absolute atomic E-state index is 0.0259. The van der Waals surface area contributed by atoms with E-state index in [4.69, 9.17) is 0 Å². The van der Waals surface area contributed by atoms with Crippen molar-refractivity contribution >= 4 is 17.4 Å². The largest absolute Gasteiger partial charge is 0.368 e. The van der Waals surface area contributed by atoms with E-state index in [2.05, 4.69) is 59.1 Å². The summed E-state index contributed by atoms with van der Waals surface area (Å²) < 4.78 is 0. The average Bonchev–Trinajstić information content (AvgIpc) is 2.70. The molecule has 1 aliphatic heterocycles. The van der Waals surface area contributed by atoms with Crippen LogP contribution in [0.1, 0.15) is 41.8 Å². The van der Waals surface area contributed by atoms with E-state index in [-0.39, 0.29) is 11.9 Å². The number of rotatable bonds is 5. The van der Waals surface area contributed by atoms with Gasteiger partial charge in [-0.25, -0.2) is 4.98 Å². The fraction of sp³-hybridized carbons (Fsp3) is 0.455. The summed E-state index contributed by atoms with van der Waals surface area (Å²) in [4.78, 5) is 21.6. The van der Waals surface area contributed by atoms with Crippen molar-refractivity contribution in [2.45, 2.75) is 40.2 Å². The molecular formula is C22H30N4O. The van der Waals surface area contributed by atoms with Crippen LogP contribution in [0.3, 0.4) is 0 Å². The molecule has 1 atom stereocenters. The first-order valence-corrected chi connectivity index (χ1v) is 9.82. The molecule has 1 amide bonds. The van der Waals surface area contributed by atoms with Crippen molar-refractivity contribution in [3.8, 4) is 0 Å². The Hall–Kier alpha value is -2.56. The SMILES string of the molecule is CCC(C)NC(=O)c1ccnc(N2CCN(c3cccc(C)c3C)CC2)c1. The Morgan fingerprint density at radius 3 is 2.56 bits per heavy atom. The molecule has 1 unspecified atom stereocenters. The second-order valence-electron chi connectivity index (χ2n) is 7.38. The zero-order valence-corrected chi connectivity index (χ0v) is 16.8. The molecule has 0 aliphatic carbocycles. The van der Waals surface area contributed by atoms with Crippen LogP contribution >= 0.6 is 0 Å². The molecule has 0 saturated carbocycles. The number of amides is 1. The second-order valence-corrected chi connectivity index (χ2v) is 7.38. The summed E-state index contributed by atoms with van der Waals surface area (Å²) in [5.41, 5.74) is 4.69. The van der Waals surface area contributed by atoms with E-state index >= 15 is 0 Å². The van der Waals surface area contributed by atoms with Gasteiger partial charge >= 0.3 is 0 Å². The number of piperazine rings is 1. The second kappa shape index (κ2) is 8.42. The Morgan fingerprint density at radius 1 is 1.15 bits per heavy atom. The van der Waals surface area contributed by atoms with Gasteiger partial charge in [0, 0.05) is 49.7 Å². The Labute approximate surface area is 162 Å². The summed E-state index contributed by atoms with van der Waals surface area (Å²) in [5, 5.41) is 3.02. The van der Waals surface area contributed by atoms with Gasteiger partial charge in [0.25, 0.3) is 5.91 Å². The molecule has 5 nitrogen and oxygen atoms in total. The molecule has 0 bridgehead atoms. The first kappa shape index (κ1) is 19.2. The monoisotopic (exact) mass is 366 g/mol. The highest BCUT2D eigenvalue weighted by atomic mass is 16.1. The van der Waals surface area contributed by atoms with Crippen LogP contribution < -0.4 is 15.1 Å². The van der Waals surface area contributed by atoms with Crippen LogP contribution in [-0.2, 0) is 0 Å². The van der Waals surface area contributed by atoms with Gasteiger partial charge in [-0.2, -0.15) is 0 Å². The normalized spacial score (nSPS) is 15.6. The van der Waals surface area contributed by atoms with Gasteiger partial charge in [0.1, 0.15) is 5.82 Å². The predicted molar refractivity (Wildman–Crippen MR) is 112 cm³/mol. The average molecular weight is 367 g/mol.